The second kappa shape index (κ2) is 9.41. The molecule has 1 fully saturated rings. The van der Waals surface area contributed by atoms with E-state index in [4.69, 9.17) is 4.74 Å². The van der Waals surface area contributed by atoms with E-state index in [9.17, 15) is 8.42 Å². The number of anilines is 1. The Hall–Kier alpha value is -2.09. The van der Waals surface area contributed by atoms with E-state index in [2.05, 4.69) is 45.7 Å². The molecule has 1 heterocycles. The third-order valence-electron chi connectivity index (χ3n) is 5.04. The van der Waals surface area contributed by atoms with E-state index >= 15 is 0 Å². The Balaban J connectivity index is 1.43. The van der Waals surface area contributed by atoms with Gasteiger partial charge in [-0.25, -0.2) is 13.1 Å². The van der Waals surface area contributed by atoms with E-state index < -0.39 is 10.0 Å². The summed E-state index contributed by atoms with van der Waals surface area (Å²) in [5.74, 6) is 0.363. The molecule has 0 saturated carbocycles. The summed E-state index contributed by atoms with van der Waals surface area (Å²) in [6.45, 7) is 7.40. The average molecular weight is 404 g/mol. The van der Waals surface area contributed by atoms with Crippen molar-refractivity contribution in [2.75, 3.05) is 51.3 Å². The fraction of sp³-hybridized carbons (Fsp3) is 0.429. The molecule has 2 aromatic carbocycles. The summed E-state index contributed by atoms with van der Waals surface area (Å²) in [5.41, 5.74) is 2.56. The van der Waals surface area contributed by atoms with Crippen LogP contribution in [0.3, 0.4) is 0 Å². The molecule has 0 aliphatic carbocycles. The Bertz CT molecular complexity index is 878. The molecule has 0 amide bonds. The molecule has 0 aromatic heterocycles. The number of aryl methyl sites for hydroxylation is 1. The first-order valence-corrected chi connectivity index (χ1v) is 11.1. The van der Waals surface area contributed by atoms with Crippen LogP contribution >= 0.6 is 0 Å². The number of rotatable bonds is 8. The lowest BCUT2D eigenvalue weighted by Gasteiger charge is -2.36. The van der Waals surface area contributed by atoms with Gasteiger partial charge in [-0.3, -0.25) is 4.90 Å². The van der Waals surface area contributed by atoms with Crippen LogP contribution in [-0.4, -0.2) is 59.7 Å². The van der Waals surface area contributed by atoms with Crippen molar-refractivity contribution in [3.63, 3.8) is 0 Å². The van der Waals surface area contributed by atoms with Crippen LogP contribution in [0.4, 0.5) is 5.69 Å². The van der Waals surface area contributed by atoms with Gasteiger partial charge in [0.2, 0.25) is 10.0 Å². The summed E-state index contributed by atoms with van der Waals surface area (Å²) < 4.78 is 32.8. The van der Waals surface area contributed by atoms with Crippen molar-refractivity contribution in [1.82, 2.24) is 9.62 Å². The summed E-state index contributed by atoms with van der Waals surface area (Å²) in [4.78, 5) is 4.99. The minimum atomic E-state index is -3.56. The number of methoxy groups -OCH3 is 1. The average Bonchev–Trinajstić information content (AvgIpc) is 2.71. The molecule has 3 rings (SSSR count). The van der Waals surface area contributed by atoms with Gasteiger partial charge in [0.1, 0.15) is 10.6 Å². The van der Waals surface area contributed by atoms with E-state index in [0.29, 0.717) is 12.3 Å². The summed E-state index contributed by atoms with van der Waals surface area (Å²) in [6.07, 6.45) is 0.777. The van der Waals surface area contributed by atoms with Gasteiger partial charge in [-0.15, -0.1) is 0 Å². The molecule has 1 saturated heterocycles. The van der Waals surface area contributed by atoms with Crippen LogP contribution in [-0.2, 0) is 10.0 Å². The maximum absolute atomic E-state index is 12.5. The standard InChI is InChI=1S/C21H29N3O3S/c1-18-7-5-8-19(17-18)24-15-13-23(14-16-24)12-6-11-22-28(25,26)21-10-4-3-9-20(21)27-2/h3-5,7-10,17,22H,6,11-16H2,1-2H3. The molecule has 2 aromatic rings. The van der Waals surface area contributed by atoms with E-state index in [1.165, 1.54) is 18.4 Å². The smallest absolute Gasteiger partial charge is 0.244 e. The Morgan fingerprint density at radius 2 is 1.79 bits per heavy atom. The van der Waals surface area contributed by atoms with E-state index in [-0.39, 0.29) is 4.90 Å². The Morgan fingerprint density at radius 1 is 1.04 bits per heavy atom. The first-order chi connectivity index (χ1) is 13.5. The van der Waals surface area contributed by atoms with Crippen LogP contribution in [0.2, 0.25) is 0 Å². The number of benzene rings is 2. The molecule has 1 N–H and O–H groups in total. The van der Waals surface area contributed by atoms with Crippen molar-refractivity contribution in [2.45, 2.75) is 18.2 Å². The van der Waals surface area contributed by atoms with Gasteiger partial charge in [-0.05, 0) is 49.7 Å². The Labute approximate surface area is 168 Å². The molecular weight excluding hydrogens is 374 g/mol. The van der Waals surface area contributed by atoms with Crippen molar-refractivity contribution in [3.05, 3.63) is 54.1 Å². The molecule has 7 heteroatoms. The van der Waals surface area contributed by atoms with Gasteiger partial charge in [0.15, 0.2) is 0 Å². The summed E-state index contributed by atoms with van der Waals surface area (Å²) >= 11 is 0. The minimum absolute atomic E-state index is 0.185. The first-order valence-electron chi connectivity index (χ1n) is 9.66. The molecule has 28 heavy (non-hydrogen) atoms. The van der Waals surface area contributed by atoms with Gasteiger partial charge < -0.3 is 9.64 Å². The topological polar surface area (TPSA) is 61.9 Å². The molecule has 6 nitrogen and oxygen atoms in total. The van der Waals surface area contributed by atoms with Gasteiger partial charge in [-0.1, -0.05) is 24.3 Å². The lowest BCUT2D eigenvalue weighted by molar-refractivity contribution is 0.255. The quantitative estimate of drug-likeness (QED) is 0.686. The molecule has 1 aliphatic rings. The normalized spacial score (nSPS) is 15.6. The summed E-state index contributed by atoms with van der Waals surface area (Å²) in [5, 5.41) is 0. The number of ether oxygens (including phenoxy) is 1. The molecule has 0 atom stereocenters. The highest BCUT2D eigenvalue weighted by Gasteiger charge is 2.19. The fourth-order valence-corrected chi connectivity index (χ4v) is 4.72. The highest BCUT2D eigenvalue weighted by molar-refractivity contribution is 7.89. The molecule has 0 bridgehead atoms. The van der Waals surface area contributed by atoms with E-state index in [0.717, 1.165) is 39.1 Å². The van der Waals surface area contributed by atoms with Crippen molar-refractivity contribution < 1.29 is 13.2 Å². The van der Waals surface area contributed by atoms with E-state index in [1.54, 1.807) is 24.3 Å². The second-order valence-corrected chi connectivity index (χ2v) is 8.81. The third kappa shape index (κ3) is 5.25. The van der Waals surface area contributed by atoms with E-state index in [1.807, 2.05) is 0 Å². The van der Waals surface area contributed by atoms with Crippen molar-refractivity contribution in [2.24, 2.45) is 0 Å². The minimum Gasteiger partial charge on any atom is -0.495 e. The van der Waals surface area contributed by atoms with Gasteiger partial charge in [0.05, 0.1) is 7.11 Å². The summed E-state index contributed by atoms with van der Waals surface area (Å²) in [6, 6.07) is 15.3. The highest BCUT2D eigenvalue weighted by atomic mass is 32.2. The second-order valence-electron chi connectivity index (χ2n) is 7.07. The van der Waals surface area contributed by atoms with Crippen LogP contribution < -0.4 is 14.4 Å². The fourth-order valence-electron chi connectivity index (χ4n) is 3.48. The molecule has 0 unspecified atom stereocenters. The monoisotopic (exact) mass is 403 g/mol. The molecule has 1 aliphatic heterocycles. The predicted molar refractivity (Wildman–Crippen MR) is 113 cm³/mol. The van der Waals surface area contributed by atoms with Gasteiger partial charge >= 0.3 is 0 Å². The van der Waals surface area contributed by atoms with Crippen LogP contribution in [0.25, 0.3) is 0 Å². The number of nitrogens with zero attached hydrogens (tertiary/aromatic N) is 2. The van der Waals surface area contributed by atoms with Crippen LogP contribution in [0.15, 0.2) is 53.4 Å². The summed E-state index contributed by atoms with van der Waals surface area (Å²) in [7, 11) is -2.08. The number of hydrogen-bond donors (Lipinski definition) is 1. The largest absolute Gasteiger partial charge is 0.495 e. The number of piperazine rings is 1. The first kappa shape index (κ1) is 20.6. The molecule has 0 radical (unpaired) electrons. The third-order valence-corrected chi connectivity index (χ3v) is 6.54. The lowest BCUT2D eigenvalue weighted by atomic mass is 10.2. The zero-order chi connectivity index (χ0) is 20.0. The predicted octanol–water partition coefficient (Wildman–Crippen LogP) is 2.49. The SMILES string of the molecule is COc1ccccc1S(=O)(=O)NCCCN1CCN(c2cccc(C)c2)CC1. The number of hydrogen-bond acceptors (Lipinski definition) is 5. The van der Waals surface area contributed by atoms with Crippen LogP contribution in [0.1, 0.15) is 12.0 Å². The molecule has 152 valence electrons. The van der Waals surface area contributed by atoms with Gasteiger partial charge in [0, 0.05) is 38.4 Å². The maximum Gasteiger partial charge on any atom is 0.244 e. The lowest BCUT2D eigenvalue weighted by Crippen LogP contribution is -2.47. The van der Waals surface area contributed by atoms with Crippen molar-refractivity contribution in [1.29, 1.82) is 0 Å². The van der Waals surface area contributed by atoms with Gasteiger partial charge in [-0.2, -0.15) is 0 Å². The molecule has 0 spiro atoms. The van der Waals surface area contributed by atoms with Crippen LogP contribution in [0, 0.1) is 6.92 Å². The maximum atomic E-state index is 12.5. The number of para-hydroxylation sites is 1. The Kier molecular flexibility index (Phi) is 6.93. The number of sulfonamides is 1. The van der Waals surface area contributed by atoms with Gasteiger partial charge in [0.25, 0.3) is 0 Å². The zero-order valence-electron chi connectivity index (χ0n) is 16.6. The Morgan fingerprint density at radius 3 is 2.50 bits per heavy atom. The highest BCUT2D eigenvalue weighted by Crippen LogP contribution is 2.22. The number of nitrogens with one attached hydrogen (secondary N) is 1. The van der Waals surface area contributed by atoms with Crippen molar-refractivity contribution >= 4 is 15.7 Å². The van der Waals surface area contributed by atoms with Crippen LogP contribution in [0.5, 0.6) is 5.75 Å². The van der Waals surface area contributed by atoms with Crippen molar-refractivity contribution in [3.8, 4) is 5.75 Å². The zero-order valence-corrected chi connectivity index (χ0v) is 17.4. The molecular formula is C21H29N3O3S.